The number of carbonyl (C=O) groups is 2. The van der Waals surface area contributed by atoms with Crippen LogP contribution in [0.25, 0.3) is 61.0 Å². The quantitative estimate of drug-likeness (QED) is 0.276. The van der Waals surface area contributed by atoms with E-state index in [0.29, 0.717) is 10.6 Å². The van der Waals surface area contributed by atoms with Crippen molar-refractivity contribution in [2.75, 3.05) is 0 Å². The Hall–Kier alpha value is -5.17. The van der Waals surface area contributed by atoms with Crippen LogP contribution in [0.3, 0.4) is 0 Å². The number of aromatic amines is 2. The summed E-state index contributed by atoms with van der Waals surface area (Å²) in [7, 11) is 0. The molecule has 0 unspecified atom stereocenters. The zero-order chi connectivity index (χ0) is 25.3. The molecule has 0 amide bonds. The van der Waals surface area contributed by atoms with Crippen molar-refractivity contribution in [1.82, 2.24) is 9.97 Å². The van der Waals surface area contributed by atoms with Crippen LogP contribution in [-0.4, -0.2) is 37.7 Å². The number of carboxylic acid groups (broad SMARTS) is 2. The number of rotatable bonds is 4. The van der Waals surface area contributed by atoms with E-state index in [2.05, 4.69) is 63.5 Å². The van der Waals surface area contributed by atoms with E-state index in [1.165, 1.54) is 6.08 Å². The van der Waals surface area contributed by atoms with Crippen LogP contribution in [0.4, 0.5) is 0 Å². The highest BCUT2D eigenvalue weighted by molar-refractivity contribution is 6.11. The van der Waals surface area contributed by atoms with Crippen molar-refractivity contribution in [3.63, 3.8) is 0 Å². The fourth-order valence-corrected chi connectivity index (χ4v) is 5.20. The van der Waals surface area contributed by atoms with Crippen LogP contribution in [-0.2, 0) is 9.59 Å². The highest BCUT2D eigenvalue weighted by Crippen LogP contribution is 2.33. The summed E-state index contributed by atoms with van der Waals surface area (Å²) < 4.78 is 0. The van der Waals surface area contributed by atoms with Gasteiger partial charge in [-0.3, -0.25) is 4.99 Å². The standard InChI is InChI=1S/C30H19N3O4/c34-28(35)30(29(36)37)15-21-12-17(2-6-25(21)33-30)19-4-8-27-23(14-19)22-13-18(3-7-26(22)32-27)16-1-5-24-20(11-16)9-10-31-24/h1-15,31-32H,(H,34,35)(H,36,37). The average Bonchev–Trinajstić information content (AvgIpc) is 3.62. The zero-order valence-electron chi connectivity index (χ0n) is 19.3. The van der Waals surface area contributed by atoms with Crippen molar-refractivity contribution >= 4 is 50.7 Å². The van der Waals surface area contributed by atoms with Crippen molar-refractivity contribution in [2.24, 2.45) is 4.99 Å². The second-order valence-corrected chi connectivity index (χ2v) is 9.33. The molecule has 1 aliphatic rings. The Morgan fingerprint density at radius 3 is 1.89 bits per heavy atom. The number of aliphatic carboxylic acids is 2. The summed E-state index contributed by atoms with van der Waals surface area (Å²) in [4.78, 5) is 34.1. The third kappa shape index (κ3) is 3.11. The normalized spacial score (nSPS) is 13.9. The Kier molecular flexibility index (Phi) is 4.24. The highest BCUT2D eigenvalue weighted by Gasteiger charge is 2.46. The van der Waals surface area contributed by atoms with Crippen LogP contribution in [0.1, 0.15) is 0 Å². The molecule has 1 aliphatic heterocycles. The second kappa shape index (κ2) is 7.41. The fourth-order valence-electron chi connectivity index (χ4n) is 5.20. The Morgan fingerprint density at radius 1 is 0.676 bits per heavy atom. The molecule has 0 radical (unpaired) electrons. The SMILES string of the molecule is O=C(O)C1(C(=O)O)C=c2cc(-c3ccc4[nH]c5ccc(-c6ccc7[nH]ccc7c6)cc5c4c3)ccc2=N1. The van der Waals surface area contributed by atoms with Gasteiger partial charge in [-0.1, -0.05) is 24.3 Å². The van der Waals surface area contributed by atoms with E-state index < -0.39 is 17.5 Å². The smallest absolute Gasteiger partial charge is 0.347 e. The van der Waals surface area contributed by atoms with Crippen LogP contribution in [0.15, 0.2) is 90.1 Å². The summed E-state index contributed by atoms with van der Waals surface area (Å²) in [5.41, 5.74) is 4.90. The number of hydrogen-bond donors (Lipinski definition) is 4. The number of carboxylic acids is 2. The van der Waals surface area contributed by atoms with Gasteiger partial charge in [0.25, 0.3) is 5.54 Å². The van der Waals surface area contributed by atoms with E-state index in [9.17, 15) is 19.8 Å². The van der Waals surface area contributed by atoms with E-state index in [1.54, 1.807) is 12.1 Å². The molecule has 0 fully saturated rings. The summed E-state index contributed by atoms with van der Waals surface area (Å²) in [6.07, 6.45) is 3.14. The van der Waals surface area contributed by atoms with Gasteiger partial charge in [0.05, 0.1) is 5.36 Å². The molecule has 4 aromatic carbocycles. The number of benzene rings is 4. The molecular weight excluding hydrogens is 466 g/mol. The molecule has 0 spiro atoms. The van der Waals surface area contributed by atoms with E-state index in [-0.39, 0.29) is 0 Å². The predicted octanol–water partition coefficient (Wildman–Crippen LogP) is 4.46. The number of aromatic nitrogens is 2. The van der Waals surface area contributed by atoms with E-state index in [0.717, 1.165) is 55.0 Å². The van der Waals surface area contributed by atoms with Gasteiger partial charge in [-0.15, -0.1) is 0 Å². The van der Waals surface area contributed by atoms with Crippen LogP contribution < -0.4 is 10.6 Å². The number of hydrogen-bond acceptors (Lipinski definition) is 3. The minimum absolute atomic E-state index is 0.353. The lowest BCUT2D eigenvalue weighted by atomic mass is 9.98. The number of fused-ring (bicyclic) bond motifs is 5. The molecule has 6 aromatic rings. The zero-order valence-corrected chi connectivity index (χ0v) is 19.3. The maximum Gasteiger partial charge on any atom is 0.347 e. The summed E-state index contributed by atoms with van der Waals surface area (Å²) in [6.45, 7) is 0. The minimum Gasteiger partial charge on any atom is -0.479 e. The Morgan fingerprint density at radius 2 is 1.24 bits per heavy atom. The molecular formula is C30H19N3O4. The fraction of sp³-hybridized carbons (Fsp3) is 0.0333. The van der Waals surface area contributed by atoms with Crippen molar-refractivity contribution in [3.05, 3.63) is 95.6 Å². The van der Waals surface area contributed by atoms with E-state index >= 15 is 0 Å². The molecule has 7 heteroatoms. The van der Waals surface area contributed by atoms with Gasteiger partial charge in [-0.05, 0) is 93.5 Å². The lowest BCUT2D eigenvalue weighted by Gasteiger charge is -2.11. The second-order valence-electron chi connectivity index (χ2n) is 9.33. The third-order valence-electron chi connectivity index (χ3n) is 7.16. The molecule has 7 rings (SSSR count). The first-order chi connectivity index (χ1) is 17.9. The maximum atomic E-state index is 11.7. The van der Waals surface area contributed by atoms with Crippen LogP contribution >= 0.6 is 0 Å². The Bertz CT molecular complexity index is 2050. The van der Waals surface area contributed by atoms with Crippen LogP contribution in [0.5, 0.6) is 0 Å². The monoisotopic (exact) mass is 485 g/mol. The molecule has 3 heterocycles. The molecule has 178 valence electrons. The van der Waals surface area contributed by atoms with Crippen molar-refractivity contribution < 1.29 is 19.8 Å². The van der Waals surface area contributed by atoms with Gasteiger partial charge < -0.3 is 20.2 Å². The van der Waals surface area contributed by atoms with E-state index in [4.69, 9.17) is 0 Å². The van der Waals surface area contributed by atoms with Crippen molar-refractivity contribution in [1.29, 1.82) is 0 Å². The number of nitrogens with zero attached hydrogens (tertiary/aromatic N) is 1. The molecule has 4 N–H and O–H groups in total. The highest BCUT2D eigenvalue weighted by atomic mass is 16.4. The third-order valence-corrected chi connectivity index (χ3v) is 7.16. The Balaban J connectivity index is 1.35. The van der Waals surface area contributed by atoms with E-state index in [1.807, 2.05) is 24.4 Å². The first kappa shape index (κ1) is 21.1. The summed E-state index contributed by atoms with van der Waals surface area (Å²) in [5, 5.41) is 23.2. The summed E-state index contributed by atoms with van der Waals surface area (Å²) in [6, 6.07) is 26.2. The van der Waals surface area contributed by atoms with Gasteiger partial charge in [-0.2, -0.15) is 0 Å². The molecule has 0 atom stereocenters. The van der Waals surface area contributed by atoms with Gasteiger partial charge in [0.2, 0.25) is 0 Å². The van der Waals surface area contributed by atoms with Crippen molar-refractivity contribution in [3.8, 4) is 22.3 Å². The van der Waals surface area contributed by atoms with Gasteiger partial charge in [0.1, 0.15) is 0 Å². The predicted molar refractivity (Wildman–Crippen MR) is 142 cm³/mol. The molecule has 37 heavy (non-hydrogen) atoms. The lowest BCUT2D eigenvalue weighted by Crippen LogP contribution is -2.42. The summed E-state index contributed by atoms with van der Waals surface area (Å²) >= 11 is 0. The minimum atomic E-state index is -2.29. The molecule has 0 bridgehead atoms. The van der Waals surface area contributed by atoms with Gasteiger partial charge in [-0.25, -0.2) is 9.59 Å². The average molecular weight is 485 g/mol. The molecule has 7 nitrogen and oxygen atoms in total. The van der Waals surface area contributed by atoms with Crippen molar-refractivity contribution in [2.45, 2.75) is 5.54 Å². The molecule has 0 saturated carbocycles. The maximum absolute atomic E-state index is 11.7. The first-order valence-corrected chi connectivity index (χ1v) is 11.7. The first-order valence-electron chi connectivity index (χ1n) is 11.7. The summed E-state index contributed by atoms with van der Waals surface area (Å²) in [5.74, 6) is -3.02. The molecule has 0 aliphatic carbocycles. The topological polar surface area (TPSA) is 119 Å². The molecule has 2 aromatic heterocycles. The Labute approximate surface area is 209 Å². The lowest BCUT2D eigenvalue weighted by molar-refractivity contribution is -0.152. The number of nitrogens with one attached hydrogen (secondary N) is 2. The van der Waals surface area contributed by atoms with Gasteiger partial charge in [0, 0.05) is 33.5 Å². The number of H-pyrrole nitrogens is 2. The van der Waals surface area contributed by atoms with Crippen LogP contribution in [0, 0.1) is 0 Å². The molecule has 0 saturated heterocycles. The van der Waals surface area contributed by atoms with Crippen LogP contribution in [0.2, 0.25) is 0 Å². The largest absolute Gasteiger partial charge is 0.479 e. The van der Waals surface area contributed by atoms with Gasteiger partial charge >= 0.3 is 11.9 Å². The van der Waals surface area contributed by atoms with Gasteiger partial charge in [0.15, 0.2) is 0 Å².